The molecule has 0 N–H and O–H groups in total. The number of benzene rings is 1. The first-order chi connectivity index (χ1) is 6.77. The van der Waals surface area contributed by atoms with Crippen LogP contribution in [0.15, 0.2) is 17.5 Å². The highest BCUT2D eigenvalue weighted by atomic mass is 32.1. The van der Waals surface area contributed by atoms with Crippen molar-refractivity contribution in [1.29, 1.82) is 0 Å². The lowest BCUT2D eigenvalue weighted by Gasteiger charge is -2.01. The second-order valence-electron chi connectivity index (χ2n) is 3.10. The van der Waals surface area contributed by atoms with E-state index in [1.165, 1.54) is 5.56 Å². The van der Waals surface area contributed by atoms with Crippen LogP contribution in [0.4, 0.5) is 0 Å². The third-order valence-electron chi connectivity index (χ3n) is 2.26. The SMILES string of the molecule is COc1csc2c(C)ccc(C=O)c12. The fourth-order valence-electron chi connectivity index (χ4n) is 1.53. The average Bonchev–Trinajstić information content (AvgIpc) is 2.63. The number of rotatable bonds is 2. The fourth-order valence-corrected chi connectivity index (χ4v) is 2.56. The highest BCUT2D eigenvalue weighted by molar-refractivity contribution is 7.17. The van der Waals surface area contributed by atoms with Crippen molar-refractivity contribution in [2.75, 3.05) is 7.11 Å². The number of aldehydes is 1. The molecule has 0 spiro atoms. The third-order valence-corrected chi connectivity index (χ3v) is 3.36. The van der Waals surface area contributed by atoms with E-state index in [9.17, 15) is 4.79 Å². The lowest BCUT2D eigenvalue weighted by molar-refractivity contribution is 0.112. The predicted octanol–water partition coefficient (Wildman–Crippen LogP) is 3.03. The van der Waals surface area contributed by atoms with E-state index in [2.05, 4.69) is 0 Å². The zero-order valence-corrected chi connectivity index (χ0v) is 8.85. The Labute approximate surface area is 86.1 Å². The molecule has 0 unspecified atom stereocenters. The van der Waals surface area contributed by atoms with Gasteiger partial charge in [0.2, 0.25) is 0 Å². The summed E-state index contributed by atoms with van der Waals surface area (Å²) in [7, 11) is 1.62. The molecular weight excluding hydrogens is 196 g/mol. The van der Waals surface area contributed by atoms with Crippen molar-refractivity contribution in [3.05, 3.63) is 28.6 Å². The molecule has 14 heavy (non-hydrogen) atoms. The van der Waals surface area contributed by atoms with Crippen molar-refractivity contribution in [3.63, 3.8) is 0 Å². The molecule has 0 radical (unpaired) electrons. The molecule has 0 saturated carbocycles. The molecule has 1 heterocycles. The van der Waals surface area contributed by atoms with E-state index in [4.69, 9.17) is 4.74 Å². The summed E-state index contributed by atoms with van der Waals surface area (Å²) in [5.41, 5.74) is 1.88. The summed E-state index contributed by atoms with van der Waals surface area (Å²) in [6.07, 6.45) is 0.872. The molecule has 0 saturated heterocycles. The number of carbonyl (C=O) groups is 1. The van der Waals surface area contributed by atoms with Gasteiger partial charge >= 0.3 is 0 Å². The van der Waals surface area contributed by atoms with Crippen LogP contribution in [-0.4, -0.2) is 13.4 Å². The van der Waals surface area contributed by atoms with Crippen LogP contribution in [-0.2, 0) is 0 Å². The summed E-state index contributed by atoms with van der Waals surface area (Å²) in [4.78, 5) is 10.8. The number of hydrogen-bond acceptors (Lipinski definition) is 3. The van der Waals surface area contributed by atoms with Gasteiger partial charge in [0.15, 0.2) is 6.29 Å². The van der Waals surface area contributed by atoms with Crippen molar-refractivity contribution in [3.8, 4) is 5.75 Å². The van der Waals surface area contributed by atoms with Gasteiger partial charge in [0.05, 0.1) is 7.11 Å². The number of thiophene rings is 1. The number of fused-ring (bicyclic) bond motifs is 1. The number of methoxy groups -OCH3 is 1. The molecule has 0 aliphatic rings. The molecule has 0 atom stereocenters. The molecular formula is C11H10O2S. The van der Waals surface area contributed by atoms with Gasteiger partial charge in [0, 0.05) is 21.0 Å². The molecule has 0 bridgehead atoms. The quantitative estimate of drug-likeness (QED) is 0.706. The summed E-state index contributed by atoms with van der Waals surface area (Å²) in [5.74, 6) is 0.788. The molecule has 1 aromatic carbocycles. The van der Waals surface area contributed by atoms with Crippen LogP contribution in [0.25, 0.3) is 10.1 Å². The maximum absolute atomic E-state index is 10.8. The molecule has 0 amide bonds. The fraction of sp³-hybridized carbons (Fsp3) is 0.182. The van der Waals surface area contributed by atoms with Crippen LogP contribution < -0.4 is 4.74 Å². The van der Waals surface area contributed by atoms with E-state index in [0.29, 0.717) is 5.56 Å². The molecule has 0 aliphatic carbocycles. The summed E-state index contributed by atoms with van der Waals surface area (Å²) < 4.78 is 6.35. The van der Waals surface area contributed by atoms with Crippen molar-refractivity contribution in [2.45, 2.75) is 6.92 Å². The normalized spacial score (nSPS) is 10.4. The largest absolute Gasteiger partial charge is 0.495 e. The van der Waals surface area contributed by atoms with Crippen LogP contribution in [0.2, 0.25) is 0 Å². The number of aryl methyl sites for hydroxylation is 1. The van der Waals surface area contributed by atoms with E-state index in [0.717, 1.165) is 22.1 Å². The number of ether oxygens (including phenoxy) is 1. The Morgan fingerprint density at radius 2 is 2.21 bits per heavy atom. The average molecular weight is 206 g/mol. The van der Waals surface area contributed by atoms with Gasteiger partial charge in [-0.15, -0.1) is 11.3 Å². The molecule has 72 valence electrons. The standard InChI is InChI=1S/C11H10O2S/c1-7-3-4-8(5-12)10-9(13-2)6-14-11(7)10/h3-6H,1-2H3. The van der Waals surface area contributed by atoms with E-state index in [1.807, 2.05) is 24.4 Å². The van der Waals surface area contributed by atoms with Gasteiger partial charge in [0.25, 0.3) is 0 Å². The third kappa shape index (κ3) is 1.21. The van der Waals surface area contributed by atoms with E-state index in [-0.39, 0.29) is 0 Å². The summed E-state index contributed by atoms with van der Waals surface area (Å²) in [6.45, 7) is 2.03. The van der Waals surface area contributed by atoms with E-state index in [1.54, 1.807) is 18.4 Å². The number of hydrogen-bond donors (Lipinski definition) is 0. The molecule has 2 rings (SSSR count). The van der Waals surface area contributed by atoms with Crippen molar-refractivity contribution >= 4 is 27.7 Å². The van der Waals surface area contributed by atoms with Gasteiger partial charge in [-0.05, 0) is 12.5 Å². The lowest BCUT2D eigenvalue weighted by Crippen LogP contribution is -1.86. The molecule has 0 fully saturated rings. The van der Waals surface area contributed by atoms with Crippen LogP contribution in [0.1, 0.15) is 15.9 Å². The number of carbonyl (C=O) groups excluding carboxylic acids is 1. The first-order valence-corrected chi connectivity index (χ1v) is 5.16. The van der Waals surface area contributed by atoms with Crippen LogP contribution in [0.3, 0.4) is 0 Å². The minimum absolute atomic E-state index is 0.698. The monoisotopic (exact) mass is 206 g/mol. The van der Waals surface area contributed by atoms with Crippen molar-refractivity contribution in [2.24, 2.45) is 0 Å². The van der Waals surface area contributed by atoms with Crippen LogP contribution in [0, 0.1) is 6.92 Å². The Bertz CT molecular complexity index is 485. The van der Waals surface area contributed by atoms with Gasteiger partial charge < -0.3 is 4.74 Å². The minimum Gasteiger partial charge on any atom is -0.495 e. The second-order valence-corrected chi connectivity index (χ2v) is 3.98. The summed E-state index contributed by atoms with van der Waals surface area (Å²) in [5, 5.41) is 2.87. The summed E-state index contributed by atoms with van der Waals surface area (Å²) in [6, 6.07) is 3.79. The highest BCUT2D eigenvalue weighted by Crippen LogP contribution is 2.36. The highest BCUT2D eigenvalue weighted by Gasteiger charge is 2.10. The van der Waals surface area contributed by atoms with Gasteiger partial charge in [-0.3, -0.25) is 4.79 Å². The first kappa shape index (κ1) is 9.21. The first-order valence-electron chi connectivity index (χ1n) is 4.28. The second kappa shape index (κ2) is 3.42. The molecule has 2 nitrogen and oxygen atoms in total. The smallest absolute Gasteiger partial charge is 0.150 e. The van der Waals surface area contributed by atoms with E-state index < -0.39 is 0 Å². The molecule has 2 aromatic rings. The maximum Gasteiger partial charge on any atom is 0.150 e. The van der Waals surface area contributed by atoms with Crippen molar-refractivity contribution < 1.29 is 9.53 Å². The van der Waals surface area contributed by atoms with Gasteiger partial charge in [0.1, 0.15) is 5.75 Å². The van der Waals surface area contributed by atoms with Crippen molar-refractivity contribution in [1.82, 2.24) is 0 Å². The Morgan fingerprint density at radius 3 is 2.86 bits per heavy atom. The lowest BCUT2D eigenvalue weighted by atomic mass is 10.1. The molecule has 3 heteroatoms. The van der Waals surface area contributed by atoms with Crippen LogP contribution in [0.5, 0.6) is 5.75 Å². The Kier molecular flexibility index (Phi) is 2.25. The van der Waals surface area contributed by atoms with Crippen LogP contribution >= 0.6 is 11.3 Å². The van der Waals surface area contributed by atoms with Gasteiger partial charge in [-0.1, -0.05) is 12.1 Å². The maximum atomic E-state index is 10.8. The van der Waals surface area contributed by atoms with Gasteiger partial charge in [-0.2, -0.15) is 0 Å². The Hall–Kier alpha value is -1.35. The summed E-state index contributed by atoms with van der Waals surface area (Å²) >= 11 is 1.61. The predicted molar refractivity (Wildman–Crippen MR) is 58.5 cm³/mol. The van der Waals surface area contributed by atoms with Gasteiger partial charge in [-0.25, -0.2) is 0 Å². The van der Waals surface area contributed by atoms with E-state index >= 15 is 0 Å². The molecule has 0 aliphatic heterocycles. The Balaban J connectivity index is 2.88. The minimum atomic E-state index is 0.698. The zero-order valence-electron chi connectivity index (χ0n) is 8.03. The topological polar surface area (TPSA) is 26.3 Å². The zero-order chi connectivity index (χ0) is 10.1. The Morgan fingerprint density at radius 1 is 1.43 bits per heavy atom. The molecule has 1 aromatic heterocycles.